The summed E-state index contributed by atoms with van der Waals surface area (Å²) in [6.45, 7) is 2.08. The molecule has 2 bridgehead atoms. The van der Waals surface area contributed by atoms with Crippen molar-refractivity contribution in [2.24, 2.45) is 0 Å². The van der Waals surface area contributed by atoms with Crippen molar-refractivity contribution in [2.75, 3.05) is 4.90 Å². The van der Waals surface area contributed by atoms with Gasteiger partial charge >= 0.3 is 6.36 Å². The standard InChI is InChI=1S/C35H36F3N5O5S2/c1-34(10-11-34)50(45,46)42-32(44)20-12-25(18-6-7-18)30-28(13-20)49-33(40-30)43-22-14-21(15-23(43)16-22)39-17-26-29(41-48-31(26)19-8-9-19)24-4-2-3-5-27(24)47-35(36,37)38/h2-5,12-13,18-19,21-23,39H,6-11,14-17H2,1H3,(H,42,44). The molecule has 1 amide bonds. The molecule has 6 aliphatic rings. The van der Waals surface area contributed by atoms with Crippen molar-refractivity contribution in [3.8, 4) is 17.0 Å². The molecular formula is C35H36F3N5O5S2. The van der Waals surface area contributed by atoms with E-state index in [2.05, 4.69) is 24.8 Å². The van der Waals surface area contributed by atoms with Crippen molar-refractivity contribution in [2.45, 2.75) is 112 Å². The lowest BCUT2D eigenvalue weighted by atomic mass is 9.77. The van der Waals surface area contributed by atoms with Gasteiger partial charge in [0.2, 0.25) is 10.0 Å². The monoisotopic (exact) mass is 727 g/mol. The van der Waals surface area contributed by atoms with E-state index in [4.69, 9.17) is 9.51 Å². The molecule has 10 rings (SSSR count). The highest BCUT2D eigenvalue weighted by atomic mass is 32.2. The van der Waals surface area contributed by atoms with E-state index in [1.807, 2.05) is 6.07 Å². The van der Waals surface area contributed by atoms with Gasteiger partial charge < -0.3 is 19.5 Å². The fourth-order valence-corrected chi connectivity index (χ4v) is 10.0. The van der Waals surface area contributed by atoms with E-state index in [0.717, 1.165) is 77.2 Å². The van der Waals surface area contributed by atoms with Crippen LogP contribution in [-0.4, -0.2) is 53.7 Å². The molecule has 4 heterocycles. The van der Waals surface area contributed by atoms with Gasteiger partial charge in [-0.1, -0.05) is 28.6 Å². The molecule has 4 aromatic rings. The number of nitrogens with one attached hydrogen (secondary N) is 2. The Kier molecular flexibility index (Phi) is 7.35. The molecule has 2 N–H and O–H groups in total. The largest absolute Gasteiger partial charge is 0.573 e. The van der Waals surface area contributed by atoms with Crippen LogP contribution in [0.25, 0.3) is 21.5 Å². The fourth-order valence-electron chi connectivity index (χ4n) is 7.59. The third kappa shape index (κ3) is 5.84. The summed E-state index contributed by atoms with van der Waals surface area (Å²) in [5, 5.41) is 8.82. The number of benzene rings is 2. The lowest BCUT2D eigenvalue weighted by Crippen LogP contribution is -2.64. The van der Waals surface area contributed by atoms with Crippen LogP contribution in [0.2, 0.25) is 0 Å². The maximum atomic E-state index is 13.2. The number of hydrogen-bond acceptors (Lipinski definition) is 10. The van der Waals surface area contributed by atoms with E-state index < -0.39 is 27.0 Å². The molecule has 10 nitrogen and oxygen atoms in total. The molecule has 4 aliphatic carbocycles. The Morgan fingerprint density at radius 2 is 1.80 bits per heavy atom. The fraction of sp³-hybridized carbons (Fsp3) is 0.514. The van der Waals surface area contributed by atoms with E-state index >= 15 is 0 Å². The predicted octanol–water partition coefficient (Wildman–Crippen LogP) is 7.12. The third-order valence-corrected chi connectivity index (χ3v) is 14.2. The number of aromatic nitrogens is 2. The Hall–Kier alpha value is -3.69. The molecule has 2 aromatic heterocycles. The third-order valence-electron chi connectivity index (χ3n) is 11.0. The number of amides is 1. The molecule has 6 fully saturated rings. The van der Waals surface area contributed by atoms with Crippen molar-refractivity contribution in [1.29, 1.82) is 0 Å². The van der Waals surface area contributed by atoms with Crippen LogP contribution in [0.3, 0.4) is 0 Å². The number of carbonyl (C=O) groups excluding carboxylic acids is 1. The predicted molar refractivity (Wildman–Crippen MR) is 181 cm³/mol. The van der Waals surface area contributed by atoms with Gasteiger partial charge in [-0.25, -0.2) is 18.1 Å². The van der Waals surface area contributed by atoms with Gasteiger partial charge in [0.25, 0.3) is 5.91 Å². The number of rotatable bonds is 11. The SMILES string of the molecule is CC1(S(=O)(=O)NC(=O)c2cc(C3CC3)c3nc(N4C5CC(NCc6c(-c7ccccc7OC(F)(F)F)noc6C6CC6)CC4C5)sc3c2)CC1. The maximum absolute atomic E-state index is 13.2. The first-order valence-corrected chi connectivity index (χ1v) is 19.5. The molecule has 0 radical (unpaired) electrons. The maximum Gasteiger partial charge on any atom is 0.573 e. The Morgan fingerprint density at radius 1 is 1.08 bits per heavy atom. The number of hydrogen-bond donors (Lipinski definition) is 2. The summed E-state index contributed by atoms with van der Waals surface area (Å²) in [7, 11) is -3.75. The Labute approximate surface area is 290 Å². The van der Waals surface area contributed by atoms with Crippen LogP contribution in [0.1, 0.15) is 104 Å². The lowest BCUT2D eigenvalue weighted by Gasteiger charge is -2.55. The second kappa shape index (κ2) is 11.4. The normalized spacial score (nSPS) is 24.2. The van der Waals surface area contributed by atoms with Gasteiger partial charge in [-0.15, -0.1) is 13.2 Å². The van der Waals surface area contributed by atoms with Crippen molar-refractivity contribution < 1.29 is 35.6 Å². The second-order valence-electron chi connectivity index (χ2n) is 14.8. The lowest BCUT2D eigenvalue weighted by molar-refractivity contribution is -0.274. The molecular weight excluding hydrogens is 692 g/mol. The zero-order chi connectivity index (χ0) is 34.6. The summed E-state index contributed by atoms with van der Waals surface area (Å²) in [4.78, 5) is 20.6. The van der Waals surface area contributed by atoms with Crippen LogP contribution in [-0.2, 0) is 16.6 Å². The van der Waals surface area contributed by atoms with Crippen molar-refractivity contribution >= 4 is 42.6 Å². The number of anilines is 1. The summed E-state index contributed by atoms with van der Waals surface area (Å²) in [5.41, 5.74) is 3.64. The highest BCUT2D eigenvalue weighted by molar-refractivity contribution is 7.91. The highest BCUT2D eigenvalue weighted by Crippen LogP contribution is 2.50. The summed E-state index contributed by atoms with van der Waals surface area (Å²) in [5.74, 6) is 0.361. The van der Waals surface area contributed by atoms with Gasteiger partial charge in [0.05, 0.1) is 15.0 Å². The van der Waals surface area contributed by atoms with E-state index in [0.29, 0.717) is 36.6 Å². The average molecular weight is 728 g/mol. The molecule has 50 heavy (non-hydrogen) atoms. The van der Waals surface area contributed by atoms with Gasteiger partial charge in [0.15, 0.2) is 5.13 Å². The molecule has 2 aliphatic heterocycles. The van der Waals surface area contributed by atoms with Crippen molar-refractivity contribution in [3.63, 3.8) is 0 Å². The minimum Gasteiger partial charge on any atom is -0.405 e. The molecule has 2 atom stereocenters. The van der Waals surface area contributed by atoms with Crippen LogP contribution in [0.5, 0.6) is 5.75 Å². The quantitative estimate of drug-likeness (QED) is 0.166. The zero-order valence-corrected chi connectivity index (χ0v) is 28.9. The first-order chi connectivity index (χ1) is 23.9. The number of alkyl halides is 3. The number of para-hydroxylation sites is 1. The number of carbonyl (C=O) groups is 1. The number of piperidine rings is 1. The van der Waals surface area contributed by atoms with Gasteiger partial charge in [0.1, 0.15) is 17.2 Å². The smallest absolute Gasteiger partial charge is 0.405 e. The molecule has 0 spiro atoms. The summed E-state index contributed by atoms with van der Waals surface area (Å²) >= 11 is 1.55. The van der Waals surface area contributed by atoms with Crippen LogP contribution in [0.4, 0.5) is 18.3 Å². The number of ether oxygens (including phenoxy) is 1. The summed E-state index contributed by atoms with van der Waals surface area (Å²) in [6.07, 6.45) is 3.01. The minimum atomic E-state index is -4.83. The van der Waals surface area contributed by atoms with Crippen LogP contribution in [0.15, 0.2) is 40.9 Å². The molecule has 2 aromatic carbocycles. The second-order valence-corrected chi connectivity index (χ2v) is 18.0. The molecule has 4 saturated carbocycles. The molecule has 2 saturated heterocycles. The van der Waals surface area contributed by atoms with Crippen LogP contribution >= 0.6 is 11.3 Å². The van der Waals surface area contributed by atoms with E-state index in [9.17, 15) is 26.4 Å². The Balaban J connectivity index is 0.917. The van der Waals surface area contributed by atoms with Crippen LogP contribution < -0.4 is 19.7 Å². The van der Waals surface area contributed by atoms with Gasteiger partial charge in [0, 0.05) is 47.3 Å². The van der Waals surface area contributed by atoms with Gasteiger partial charge in [-0.2, -0.15) is 0 Å². The highest BCUT2D eigenvalue weighted by Gasteiger charge is 2.51. The Bertz CT molecular complexity index is 2110. The minimum absolute atomic E-state index is 0.188. The number of halogens is 3. The van der Waals surface area contributed by atoms with E-state index in [1.54, 1.807) is 36.5 Å². The topological polar surface area (TPSA) is 127 Å². The molecule has 2 unspecified atom stereocenters. The molecule has 15 heteroatoms. The summed E-state index contributed by atoms with van der Waals surface area (Å²) < 4.78 is 77.5. The average Bonchev–Trinajstić information content (AvgIpc) is 3.99. The number of sulfonamides is 1. The van der Waals surface area contributed by atoms with Crippen molar-refractivity contribution in [1.82, 2.24) is 20.2 Å². The van der Waals surface area contributed by atoms with Crippen LogP contribution in [0, 0.1) is 0 Å². The first kappa shape index (κ1) is 32.2. The van der Waals surface area contributed by atoms with Gasteiger partial charge in [-0.3, -0.25) is 4.79 Å². The first-order valence-electron chi connectivity index (χ1n) is 17.2. The number of thiazole rings is 1. The van der Waals surface area contributed by atoms with E-state index in [-0.39, 0.29) is 35.4 Å². The van der Waals surface area contributed by atoms with E-state index in [1.165, 1.54) is 12.1 Å². The number of fused-ring (bicyclic) bond motifs is 3. The van der Waals surface area contributed by atoms with Crippen molar-refractivity contribution in [3.05, 3.63) is 58.8 Å². The van der Waals surface area contributed by atoms with Gasteiger partial charge in [-0.05, 0) is 100 Å². The summed E-state index contributed by atoms with van der Waals surface area (Å²) in [6, 6.07) is 10.4. The molecule has 264 valence electrons. The Morgan fingerprint density at radius 3 is 2.48 bits per heavy atom. The number of nitrogens with zero attached hydrogens (tertiary/aromatic N) is 3. The zero-order valence-electron chi connectivity index (χ0n) is 27.3.